The summed E-state index contributed by atoms with van der Waals surface area (Å²) in [5.74, 6) is -0.796. The molecule has 1 N–H and O–H groups in total. The van der Waals surface area contributed by atoms with Crippen LogP contribution in [0, 0.1) is 0 Å². The van der Waals surface area contributed by atoms with Crippen LogP contribution in [0.2, 0.25) is 0 Å². The van der Waals surface area contributed by atoms with E-state index >= 15 is 0 Å². The molecule has 0 rings (SSSR count). The first-order valence-electron chi connectivity index (χ1n) is 34.6. The second kappa shape index (κ2) is 64.2. The summed E-state index contributed by atoms with van der Waals surface area (Å²) in [7, 11) is 1.47. The number of ether oxygens (including phenoxy) is 2. The number of carbonyl (C=O) groups is 2. The van der Waals surface area contributed by atoms with E-state index in [4.69, 9.17) is 18.5 Å². The highest BCUT2D eigenvalue weighted by molar-refractivity contribution is 7.47. The van der Waals surface area contributed by atoms with Gasteiger partial charge in [-0.3, -0.25) is 18.6 Å². The predicted octanol–water partition coefficient (Wildman–Crippen LogP) is 22.5. The van der Waals surface area contributed by atoms with Gasteiger partial charge in [0.1, 0.15) is 19.8 Å². The fraction of sp³-hybridized carbons (Fsp3) is 0.730. The van der Waals surface area contributed by atoms with Gasteiger partial charge in [-0.15, -0.1) is 0 Å². The van der Waals surface area contributed by atoms with E-state index in [0.717, 1.165) is 89.9 Å². The first-order chi connectivity index (χ1) is 41.0. The smallest absolute Gasteiger partial charge is 0.462 e. The lowest BCUT2D eigenvalue weighted by atomic mass is 10.0. The van der Waals surface area contributed by atoms with Crippen LogP contribution < -0.4 is 0 Å². The molecule has 0 aromatic carbocycles. The molecule has 0 amide bonds. The molecular weight excluding hydrogens is 1060 g/mol. The van der Waals surface area contributed by atoms with Gasteiger partial charge in [0.25, 0.3) is 0 Å². The maximum absolute atomic E-state index is 12.9. The van der Waals surface area contributed by atoms with Gasteiger partial charge in [0.05, 0.1) is 27.7 Å². The Balaban J connectivity index is 4.07. The molecule has 0 aliphatic heterocycles. The van der Waals surface area contributed by atoms with E-state index in [-0.39, 0.29) is 32.0 Å². The highest BCUT2D eigenvalue weighted by atomic mass is 31.2. The number of esters is 2. The molecule has 0 bridgehead atoms. The van der Waals surface area contributed by atoms with E-state index in [1.165, 1.54) is 173 Å². The maximum atomic E-state index is 12.9. The van der Waals surface area contributed by atoms with Crippen LogP contribution in [-0.4, -0.2) is 74.9 Å². The Labute approximate surface area is 518 Å². The lowest BCUT2D eigenvalue weighted by Crippen LogP contribution is -2.37. The van der Waals surface area contributed by atoms with Crippen molar-refractivity contribution in [1.82, 2.24) is 0 Å². The summed E-state index contributed by atoms with van der Waals surface area (Å²) in [4.78, 5) is 35.9. The van der Waals surface area contributed by atoms with Gasteiger partial charge in [-0.25, -0.2) is 4.57 Å². The summed E-state index contributed by atoms with van der Waals surface area (Å²) >= 11 is 0. The van der Waals surface area contributed by atoms with E-state index in [2.05, 4.69) is 123 Å². The molecule has 484 valence electrons. The molecule has 0 aromatic heterocycles. The Kier molecular flexibility index (Phi) is 61.6. The fourth-order valence-electron chi connectivity index (χ4n) is 9.50. The van der Waals surface area contributed by atoms with Crippen molar-refractivity contribution in [3.05, 3.63) is 109 Å². The van der Waals surface area contributed by atoms with Crippen LogP contribution in [0.1, 0.15) is 296 Å². The fourth-order valence-corrected chi connectivity index (χ4v) is 10.2. The number of nitrogens with zero attached hydrogens (tertiary/aromatic N) is 1. The Bertz CT molecular complexity index is 1790. The highest BCUT2D eigenvalue weighted by Gasteiger charge is 2.27. The lowest BCUT2D eigenvalue weighted by molar-refractivity contribution is -0.870. The molecular formula is C74H131NO8P+. The molecule has 0 aliphatic carbocycles. The average Bonchev–Trinajstić information content (AvgIpc) is 3.61. The molecule has 0 radical (unpaired) electrons. The number of rotatable bonds is 63. The standard InChI is InChI=1S/C74H130NO8P/c1-6-8-10-12-14-16-18-20-22-24-26-28-30-31-32-33-34-35-36-37-38-39-40-41-42-43-45-47-49-51-53-55-57-59-61-63-65-67-74(77)83-72(71-82-84(78,79)81-69-68-75(3,4)5)70-80-73(76)66-64-62-60-58-56-54-52-50-48-46-44-29-27-25-23-21-19-17-15-13-11-9-7-2/h8,10,14,16,20,22,25-28,31-32,34-35,37-38,40-41,72H,6-7,9,11-13,15,17-19,21,23-24,29-30,33,36,39,42-71H2,1-5H3/p+1/b10-8-,16-14-,22-20-,27-25-,28-26-,32-31-,35-34-,38-37-,41-40-. The molecule has 0 spiro atoms. The SMILES string of the molecule is CC/C=C\C/C=C\C/C=C\C/C=C\C/C=C\C/C=C\C/C=C\C/C=C\CCCCCCCCCCCCCCC(=O)OC(COC(=O)CCCCCCCCCCCCC/C=C\CCCCCCCCCC)COP(=O)(O)OCC[N+](C)(C)C. The monoisotopic (exact) mass is 1190 g/mol. The Morgan fingerprint density at radius 1 is 0.381 bits per heavy atom. The number of hydrogen-bond acceptors (Lipinski definition) is 7. The zero-order chi connectivity index (χ0) is 61.2. The van der Waals surface area contributed by atoms with Crippen molar-refractivity contribution in [1.29, 1.82) is 0 Å². The molecule has 0 saturated carbocycles. The molecule has 0 aromatic rings. The quantitative estimate of drug-likeness (QED) is 0.0211. The molecule has 2 atom stereocenters. The van der Waals surface area contributed by atoms with Gasteiger partial charge >= 0.3 is 19.8 Å². The van der Waals surface area contributed by atoms with Crippen LogP contribution in [0.15, 0.2) is 109 Å². The van der Waals surface area contributed by atoms with Crippen molar-refractivity contribution in [3.63, 3.8) is 0 Å². The lowest BCUT2D eigenvalue weighted by Gasteiger charge is -2.24. The minimum Gasteiger partial charge on any atom is -0.462 e. The molecule has 9 nitrogen and oxygen atoms in total. The number of allylic oxidation sites excluding steroid dienone is 18. The molecule has 0 saturated heterocycles. The van der Waals surface area contributed by atoms with Crippen molar-refractivity contribution in [2.45, 2.75) is 302 Å². The number of likely N-dealkylation sites (N-methyl/N-ethyl adjacent to an activating group) is 1. The summed E-state index contributed by atoms with van der Waals surface area (Å²) in [5.41, 5.74) is 0. The van der Waals surface area contributed by atoms with Gasteiger partial charge < -0.3 is 18.9 Å². The van der Waals surface area contributed by atoms with Crippen LogP contribution in [0.3, 0.4) is 0 Å². The van der Waals surface area contributed by atoms with Crippen molar-refractivity contribution in [3.8, 4) is 0 Å². The summed E-state index contributed by atoms with van der Waals surface area (Å²) in [6, 6.07) is 0. The van der Waals surface area contributed by atoms with Crippen LogP contribution >= 0.6 is 7.82 Å². The van der Waals surface area contributed by atoms with E-state index in [1.54, 1.807) is 0 Å². The van der Waals surface area contributed by atoms with Gasteiger partial charge in [-0.2, -0.15) is 0 Å². The zero-order valence-corrected chi connectivity index (χ0v) is 56.0. The Morgan fingerprint density at radius 2 is 0.679 bits per heavy atom. The van der Waals surface area contributed by atoms with Crippen molar-refractivity contribution in [2.75, 3.05) is 47.5 Å². The topological polar surface area (TPSA) is 108 Å². The van der Waals surface area contributed by atoms with Crippen LogP contribution in [0.5, 0.6) is 0 Å². The third-order valence-electron chi connectivity index (χ3n) is 14.8. The van der Waals surface area contributed by atoms with E-state index < -0.39 is 26.5 Å². The zero-order valence-electron chi connectivity index (χ0n) is 55.1. The first kappa shape index (κ1) is 80.7. The van der Waals surface area contributed by atoms with E-state index in [0.29, 0.717) is 17.4 Å². The summed E-state index contributed by atoms with van der Waals surface area (Å²) < 4.78 is 34.7. The van der Waals surface area contributed by atoms with Crippen LogP contribution in [0.4, 0.5) is 0 Å². The largest absolute Gasteiger partial charge is 0.472 e. The molecule has 0 fully saturated rings. The van der Waals surface area contributed by atoms with Gasteiger partial charge in [0.15, 0.2) is 6.10 Å². The number of quaternary nitrogens is 1. The predicted molar refractivity (Wildman–Crippen MR) is 362 cm³/mol. The Morgan fingerprint density at radius 3 is 1.02 bits per heavy atom. The van der Waals surface area contributed by atoms with E-state index in [1.807, 2.05) is 21.1 Å². The molecule has 2 unspecified atom stereocenters. The van der Waals surface area contributed by atoms with Gasteiger partial charge in [0, 0.05) is 12.8 Å². The third-order valence-corrected chi connectivity index (χ3v) is 15.8. The van der Waals surface area contributed by atoms with Crippen molar-refractivity contribution >= 4 is 19.8 Å². The highest BCUT2D eigenvalue weighted by Crippen LogP contribution is 2.43. The van der Waals surface area contributed by atoms with Crippen molar-refractivity contribution < 1.29 is 42.1 Å². The second-order valence-electron chi connectivity index (χ2n) is 24.2. The average molecular weight is 1190 g/mol. The second-order valence-corrected chi connectivity index (χ2v) is 25.6. The number of phosphoric ester groups is 1. The normalized spacial score (nSPS) is 13.8. The number of carbonyl (C=O) groups excluding carboxylic acids is 2. The van der Waals surface area contributed by atoms with Gasteiger partial charge in [-0.1, -0.05) is 290 Å². The minimum absolute atomic E-state index is 0.0280. The maximum Gasteiger partial charge on any atom is 0.472 e. The number of hydrogen-bond donors (Lipinski definition) is 1. The van der Waals surface area contributed by atoms with Gasteiger partial charge in [-0.05, 0) is 103 Å². The Hall–Kier alpha value is -3.33. The summed E-state index contributed by atoms with van der Waals surface area (Å²) in [6.07, 6.45) is 90.4. The van der Waals surface area contributed by atoms with Crippen LogP contribution in [-0.2, 0) is 32.7 Å². The summed E-state index contributed by atoms with van der Waals surface area (Å²) in [5, 5.41) is 0. The number of unbranched alkanes of at least 4 members (excludes halogenated alkanes) is 31. The molecule has 84 heavy (non-hydrogen) atoms. The minimum atomic E-state index is -4.40. The molecule has 10 heteroatoms. The van der Waals surface area contributed by atoms with Gasteiger partial charge in [0.2, 0.25) is 0 Å². The molecule has 0 heterocycles. The van der Waals surface area contributed by atoms with Crippen molar-refractivity contribution in [2.24, 2.45) is 0 Å². The number of phosphoric acid groups is 1. The third kappa shape index (κ3) is 67.8. The molecule has 0 aliphatic rings. The first-order valence-corrected chi connectivity index (χ1v) is 36.1. The van der Waals surface area contributed by atoms with Crippen LogP contribution in [0.25, 0.3) is 0 Å². The summed E-state index contributed by atoms with van der Waals surface area (Å²) in [6.45, 7) is 4.34. The van der Waals surface area contributed by atoms with E-state index in [9.17, 15) is 19.0 Å².